The van der Waals surface area contributed by atoms with Crippen molar-refractivity contribution in [2.45, 2.75) is 57.3 Å². The molecule has 18 heteroatoms. The highest BCUT2D eigenvalue weighted by atomic mass is 19.4. The maximum atomic E-state index is 13.0. The molecule has 1 aliphatic carbocycles. The van der Waals surface area contributed by atoms with E-state index >= 15 is 0 Å². The van der Waals surface area contributed by atoms with Crippen LogP contribution < -0.4 is 20.7 Å². The van der Waals surface area contributed by atoms with E-state index in [1.165, 1.54) is 18.2 Å². The molecule has 0 spiro atoms. The Morgan fingerprint density at radius 2 is 1.54 bits per heavy atom. The van der Waals surface area contributed by atoms with E-state index in [4.69, 9.17) is 23.7 Å². The molecule has 4 amide bonds. The molecule has 2 aliphatic rings. The second kappa shape index (κ2) is 25.1. The predicted molar refractivity (Wildman–Crippen MR) is 209 cm³/mol. The summed E-state index contributed by atoms with van der Waals surface area (Å²) in [6, 6.07) is 8.89. The molecule has 326 valence electrons. The SMILES string of the molecule is COc1cnc(C(=O)NCc2cccc(CC(=O)NCCOCCOCCOCCOCC(=O)NCC(=O)N3CC[C@@H](O)C3)c2)cc1/C=C/C1CCC(C(F)(F)F)CC1. The quantitative estimate of drug-likeness (QED) is 0.114. The Bertz CT molecular complexity index is 1670. The van der Waals surface area contributed by atoms with E-state index in [9.17, 15) is 37.5 Å². The number of hydrogen-bond donors (Lipinski definition) is 4. The molecule has 1 aliphatic heterocycles. The Morgan fingerprint density at radius 1 is 0.864 bits per heavy atom. The molecule has 2 fully saturated rings. The second-order valence-corrected chi connectivity index (χ2v) is 14.3. The minimum atomic E-state index is -4.16. The van der Waals surface area contributed by atoms with E-state index in [1.54, 1.807) is 18.2 Å². The van der Waals surface area contributed by atoms with Crippen LogP contribution in [0.3, 0.4) is 0 Å². The number of amides is 4. The molecule has 1 atom stereocenters. The van der Waals surface area contributed by atoms with Crippen molar-refractivity contribution in [1.82, 2.24) is 25.8 Å². The van der Waals surface area contributed by atoms with Crippen molar-refractivity contribution in [3.8, 4) is 5.75 Å². The number of benzene rings is 1. The van der Waals surface area contributed by atoms with Crippen LogP contribution in [-0.2, 0) is 46.3 Å². The van der Waals surface area contributed by atoms with Crippen molar-refractivity contribution >= 4 is 29.7 Å². The minimum absolute atomic E-state index is 0.00950. The number of aliphatic hydroxyl groups is 1. The van der Waals surface area contributed by atoms with Gasteiger partial charge < -0.3 is 49.6 Å². The number of carbonyl (C=O) groups excluding carboxylic acids is 4. The number of methoxy groups -OCH3 is 1. The van der Waals surface area contributed by atoms with E-state index < -0.39 is 30.0 Å². The highest BCUT2D eigenvalue weighted by molar-refractivity contribution is 5.93. The van der Waals surface area contributed by atoms with Crippen molar-refractivity contribution in [2.24, 2.45) is 11.8 Å². The zero-order valence-corrected chi connectivity index (χ0v) is 33.4. The number of alkyl halides is 3. The maximum Gasteiger partial charge on any atom is 0.391 e. The van der Waals surface area contributed by atoms with Crippen LogP contribution in [0, 0.1) is 11.8 Å². The molecular weight excluding hydrogens is 779 g/mol. The second-order valence-electron chi connectivity index (χ2n) is 14.3. The number of nitrogens with zero attached hydrogens (tertiary/aromatic N) is 2. The van der Waals surface area contributed by atoms with Crippen LogP contribution in [0.1, 0.15) is 59.3 Å². The van der Waals surface area contributed by atoms with Gasteiger partial charge in [-0.2, -0.15) is 13.2 Å². The number of rotatable bonds is 24. The number of ether oxygens (including phenoxy) is 5. The molecule has 0 unspecified atom stereocenters. The fraction of sp³-hybridized carbons (Fsp3) is 0.585. The van der Waals surface area contributed by atoms with E-state index in [0.717, 1.165) is 11.1 Å². The lowest BCUT2D eigenvalue weighted by atomic mass is 9.81. The normalized spacial score (nSPS) is 18.2. The van der Waals surface area contributed by atoms with Gasteiger partial charge in [-0.1, -0.05) is 36.4 Å². The average Bonchev–Trinajstić information content (AvgIpc) is 3.67. The summed E-state index contributed by atoms with van der Waals surface area (Å²) in [5, 5.41) is 17.7. The van der Waals surface area contributed by atoms with Gasteiger partial charge in [0.15, 0.2) is 0 Å². The lowest BCUT2D eigenvalue weighted by Gasteiger charge is -2.28. The molecule has 4 rings (SSSR count). The van der Waals surface area contributed by atoms with Crippen LogP contribution in [0.15, 0.2) is 42.6 Å². The third kappa shape index (κ3) is 17.6. The number of aliphatic hydroxyl groups excluding tert-OH is 1. The number of aromatic nitrogens is 1. The lowest BCUT2D eigenvalue weighted by molar-refractivity contribution is -0.183. The van der Waals surface area contributed by atoms with Crippen molar-refractivity contribution in [3.63, 3.8) is 0 Å². The van der Waals surface area contributed by atoms with E-state index in [1.807, 2.05) is 24.3 Å². The van der Waals surface area contributed by atoms with Crippen LogP contribution in [0.2, 0.25) is 0 Å². The van der Waals surface area contributed by atoms with E-state index in [0.29, 0.717) is 76.7 Å². The van der Waals surface area contributed by atoms with Gasteiger partial charge in [0.25, 0.3) is 5.91 Å². The first kappa shape index (κ1) is 47.1. The molecule has 4 N–H and O–H groups in total. The molecule has 59 heavy (non-hydrogen) atoms. The van der Waals surface area contributed by atoms with Gasteiger partial charge in [-0.15, -0.1) is 0 Å². The maximum absolute atomic E-state index is 13.0. The number of carbonyl (C=O) groups is 4. The van der Waals surface area contributed by atoms with Crippen molar-refractivity contribution in [1.29, 1.82) is 0 Å². The molecular formula is C41H56F3N5O10. The molecule has 1 saturated heterocycles. The van der Waals surface area contributed by atoms with Crippen molar-refractivity contribution in [2.75, 3.05) is 86.1 Å². The Morgan fingerprint density at radius 3 is 2.20 bits per heavy atom. The highest BCUT2D eigenvalue weighted by Gasteiger charge is 2.41. The van der Waals surface area contributed by atoms with Gasteiger partial charge in [0.05, 0.1) is 84.5 Å². The number of halogens is 3. The first-order valence-electron chi connectivity index (χ1n) is 19.9. The van der Waals surface area contributed by atoms with Crippen LogP contribution >= 0.6 is 0 Å². The molecule has 1 aromatic heterocycles. The zero-order valence-electron chi connectivity index (χ0n) is 33.4. The molecule has 0 radical (unpaired) electrons. The standard InChI is InChI=1S/C41H56F3N5O10/c1-55-36-25-46-35(23-32(36)8-5-29-6-9-33(10-7-29)41(42,43)44)40(54)48-24-31-4-2-3-30(21-31)22-37(51)45-12-14-56-15-16-57-17-18-58-19-20-59-28-38(52)47-26-39(53)49-13-11-34(50)27-49/h2-5,8,21,23,25,29,33-34,50H,6-7,9-20,22,24,26-28H2,1H3,(H,45,51)(H,47,52)(H,48,54)/b8-5+/t29?,33?,34-/m1/s1. The Balaban J connectivity index is 1.01. The van der Waals surface area contributed by atoms with Gasteiger partial charge in [-0.3, -0.25) is 19.2 Å². The van der Waals surface area contributed by atoms with Crippen LogP contribution in [0.5, 0.6) is 5.75 Å². The summed E-state index contributed by atoms with van der Waals surface area (Å²) in [5.74, 6) is -2.04. The summed E-state index contributed by atoms with van der Waals surface area (Å²) in [4.78, 5) is 55.0. The molecule has 1 aromatic carbocycles. The molecule has 2 aromatic rings. The number of nitrogens with one attached hydrogen (secondary N) is 3. The van der Waals surface area contributed by atoms with Gasteiger partial charge in [0.1, 0.15) is 18.1 Å². The Labute approximate surface area is 342 Å². The van der Waals surface area contributed by atoms with Gasteiger partial charge in [-0.05, 0) is 55.2 Å². The third-order valence-corrected chi connectivity index (χ3v) is 9.81. The Hall–Kier alpha value is -4.62. The number of pyridine rings is 1. The molecule has 2 heterocycles. The van der Waals surface area contributed by atoms with Crippen LogP contribution in [-0.4, -0.2) is 137 Å². The van der Waals surface area contributed by atoms with Crippen molar-refractivity contribution < 1.29 is 61.1 Å². The summed E-state index contributed by atoms with van der Waals surface area (Å²) >= 11 is 0. The average molecular weight is 836 g/mol. The number of likely N-dealkylation sites (tertiary alicyclic amines) is 1. The number of hydrogen-bond acceptors (Lipinski definition) is 11. The molecule has 15 nitrogen and oxygen atoms in total. The first-order valence-corrected chi connectivity index (χ1v) is 19.9. The van der Waals surface area contributed by atoms with Crippen LogP contribution in [0.25, 0.3) is 6.08 Å². The van der Waals surface area contributed by atoms with Gasteiger partial charge >= 0.3 is 6.18 Å². The van der Waals surface area contributed by atoms with Gasteiger partial charge in [0, 0.05) is 31.7 Å². The van der Waals surface area contributed by atoms with Gasteiger partial charge in [-0.25, -0.2) is 4.98 Å². The summed E-state index contributed by atoms with van der Waals surface area (Å²) in [6.45, 7) is 3.09. The number of allylic oxidation sites excluding steroid dienone is 1. The zero-order chi connectivity index (χ0) is 42.5. The topological polar surface area (TPSA) is 187 Å². The van der Waals surface area contributed by atoms with E-state index in [2.05, 4.69) is 20.9 Å². The third-order valence-electron chi connectivity index (χ3n) is 9.81. The highest BCUT2D eigenvalue weighted by Crippen LogP contribution is 2.40. The van der Waals surface area contributed by atoms with Crippen molar-refractivity contribution in [3.05, 3.63) is 65.0 Å². The predicted octanol–water partition coefficient (Wildman–Crippen LogP) is 2.84. The van der Waals surface area contributed by atoms with Crippen LogP contribution in [0.4, 0.5) is 13.2 Å². The largest absolute Gasteiger partial charge is 0.495 e. The Kier molecular flexibility index (Phi) is 20.0. The monoisotopic (exact) mass is 835 g/mol. The fourth-order valence-corrected chi connectivity index (χ4v) is 6.53. The molecule has 0 bridgehead atoms. The molecule has 1 saturated carbocycles. The van der Waals surface area contributed by atoms with E-state index in [-0.39, 0.29) is 82.1 Å². The summed E-state index contributed by atoms with van der Waals surface area (Å²) < 4.78 is 66.1. The first-order chi connectivity index (χ1) is 28.4. The number of β-amino-alcohol motifs (C(OH)–C–C–N with tert-alkyl or cyclic N) is 1. The summed E-state index contributed by atoms with van der Waals surface area (Å²) in [7, 11) is 1.48. The fourth-order valence-electron chi connectivity index (χ4n) is 6.53. The van der Waals surface area contributed by atoms with Gasteiger partial charge in [0.2, 0.25) is 17.7 Å². The minimum Gasteiger partial charge on any atom is -0.495 e. The smallest absolute Gasteiger partial charge is 0.391 e. The lowest BCUT2D eigenvalue weighted by Crippen LogP contribution is -2.40. The summed E-state index contributed by atoms with van der Waals surface area (Å²) in [6.07, 6.45) is 2.21. The summed E-state index contributed by atoms with van der Waals surface area (Å²) in [5.41, 5.74) is 2.33.